The summed E-state index contributed by atoms with van der Waals surface area (Å²) in [6, 6.07) is 42.2. The lowest BCUT2D eigenvalue weighted by Gasteiger charge is -2.33. The maximum absolute atomic E-state index is 2.60. The van der Waals surface area contributed by atoms with Crippen LogP contribution in [0.25, 0.3) is 22.3 Å². The van der Waals surface area contributed by atoms with Gasteiger partial charge in [0.25, 0.3) is 0 Å². The van der Waals surface area contributed by atoms with Crippen LogP contribution in [0.4, 0.5) is 17.1 Å². The van der Waals surface area contributed by atoms with E-state index in [2.05, 4.69) is 156 Å². The van der Waals surface area contributed by atoms with Crippen molar-refractivity contribution < 1.29 is 0 Å². The summed E-state index contributed by atoms with van der Waals surface area (Å²) in [4.78, 5) is 2.40. The van der Waals surface area contributed by atoms with Crippen LogP contribution < -0.4 is 4.90 Å². The van der Waals surface area contributed by atoms with Crippen LogP contribution in [-0.4, -0.2) is 0 Å². The van der Waals surface area contributed by atoms with Gasteiger partial charge in [-0.3, -0.25) is 0 Å². The Morgan fingerprint density at radius 3 is 1.45 bits per heavy atom. The predicted octanol–water partition coefficient (Wildman–Crippen LogP) is 17.4. The third kappa shape index (κ3) is 9.83. The van der Waals surface area contributed by atoms with Gasteiger partial charge in [0.1, 0.15) is 0 Å². The normalized spacial score (nSPS) is 13.2. The predicted molar refractivity (Wildman–Crippen MR) is 244 cm³/mol. The van der Waals surface area contributed by atoms with E-state index in [1.165, 1.54) is 146 Å². The summed E-state index contributed by atoms with van der Waals surface area (Å²) in [7, 11) is 0. The molecule has 1 nitrogen and oxygen atoms in total. The zero-order valence-corrected chi connectivity index (χ0v) is 34.5. The number of rotatable bonds is 20. The summed E-state index contributed by atoms with van der Waals surface area (Å²) < 4.78 is 0. The van der Waals surface area contributed by atoms with E-state index >= 15 is 0 Å². The van der Waals surface area contributed by atoms with Crippen molar-refractivity contribution in [2.24, 2.45) is 0 Å². The number of hydrogen-bond donors (Lipinski definition) is 0. The lowest BCUT2D eigenvalue weighted by Crippen LogP contribution is -2.25. The Labute approximate surface area is 336 Å². The topological polar surface area (TPSA) is 3.24 Å². The molecule has 1 heteroatoms. The number of unbranched alkanes of at least 4 members (excludes halogenated alkanes) is 10. The molecule has 5 aromatic carbocycles. The summed E-state index contributed by atoms with van der Waals surface area (Å²) in [5, 5.41) is 0. The SMILES string of the molecule is C.CCCCCCCCC1(CCCCCCCC)c2cc(C)ccc2-c2ccc(-c3ccc(N(c4ccc(C)cc4)c4ccc(C(C)CC)cc4)cc3)cc21. The summed E-state index contributed by atoms with van der Waals surface area (Å²) in [6.45, 7) is 13.7. The summed E-state index contributed by atoms with van der Waals surface area (Å²) in [5.41, 5.74) is 16.5. The molecule has 1 aliphatic carbocycles. The molecule has 0 radical (unpaired) electrons. The number of aryl methyl sites for hydroxylation is 2. The monoisotopic (exact) mass is 734 g/mol. The fourth-order valence-corrected chi connectivity index (χ4v) is 9.00. The van der Waals surface area contributed by atoms with Gasteiger partial charge in [0.15, 0.2) is 0 Å². The molecule has 0 N–H and O–H groups in total. The first-order valence-corrected chi connectivity index (χ1v) is 21.7. The molecule has 6 rings (SSSR count). The molecule has 0 spiro atoms. The molecular weight excluding hydrogens is 663 g/mol. The molecule has 0 saturated carbocycles. The second-order valence-corrected chi connectivity index (χ2v) is 16.5. The molecular formula is C54H71N. The minimum atomic E-state index is 0. The molecule has 0 aliphatic heterocycles. The highest BCUT2D eigenvalue weighted by Gasteiger charge is 2.42. The zero-order valence-electron chi connectivity index (χ0n) is 34.5. The maximum atomic E-state index is 2.60. The highest BCUT2D eigenvalue weighted by Crippen LogP contribution is 2.55. The van der Waals surface area contributed by atoms with E-state index in [1.807, 2.05) is 0 Å². The number of benzene rings is 5. The second kappa shape index (κ2) is 20.2. The Balaban J connectivity index is 0.00000580. The Morgan fingerprint density at radius 1 is 0.473 bits per heavy atom. The van der Waals surface area contributed by atoms with Crippen molar-refractivity contribution in [1.82, 2.24) is 0 Å². The van der Waals surface area contributed by atoms with Gasteiger partial charge >= 0.3 is 0 Å². The summed E-state index contributed by atoms with van der Waals surface area (Å²) in [5.74, 6) is 0.561. The Morgan fingerprint density at radius 2 is 0.909 bits per heavy atom. The van der Waals surface area contributed by atoms with Crippen molar-refractivity contribution in [3.05, 3.63) is 137 Å². The number of fused-ring (bicyclic) bond motifs is 3. The molecule has 0 bridgehead atoms. The number of hydrogen-bond acceptors (Lipinski definition) is 1. The third-order valence-electron chi connectivity index (χ3n) is 12.5. The summed E-state index contributed by atoms with van der Waals surface area (Å²) in [6.07, 6.45) is 19.8. The average molecular weight is 734 g/mol. The van der Waals surface area contributed by atoms with Gasteiger partial charge < -0.3 is 4.90 Å². The van der Waals surface area contributed by atoms with Gasteiger partial charge in [0.2, 0.25) is 0 Å². The van der Waals surface area contributed by atoms with Crippen molar-refractivity contribution in [1.29, 1.82) is 0 Å². The molecule has 0 heterocycles. The number of anilines is 3. The van der Waals surface area contributed by atoms with Crippen molar-refractivity contribution in [3.63, 3.8) is 0 Å². The van der Waals surface area contributed by atoms with E-state index in [1.54, 1.807) is 11.1 Å². The highest BCUT2D eigenvalue weighted by molar-refractivity contribution is 5.85. The van der Waals surface area contributed by atoms with E-state index < -0.39 is 0 Å². The fraction of sp³-hybridized carbons (Fsp3) is 0.444. The third-order valence-corrected chi connectivity index (χ3v) is 12.5. The quantitative estimate of drug-likeness (QED) is 0.0720. The van der Waals surface area contributed by atoms with Crippen molar-refractivity contribution in [2.75, 3.05) is 4.90 Å². The first-order valence-electron chi connectivity index (χ1n) is 21.7. The summed E-state index contributed by atoms with van der Waals surface area (Å²) >= 11 is 0. The smallest absolute Gasteiger partial charge is 0.0462 e. The zero-order chi connectivity index (χ0) is 37.9. The van der Waals surface area contributed by atoms with Gasteiger partial charge in [-0.05, 0) is 120 Å². The molecule has 1 aliphatic rings. The van der Waals surface area contributed by atoms with Gasteiger partial charge in [-0.15, -0.1) is 0 Å². The van der Waals surface area contributed by atoms with Crippen LogP contribution in [-0.2, 0) is 5.41 Å². The molecule has 1 unspecified atom stereocenters. The number of nitrogens with zero attached hydrogens (tertiary/aromatic N) is 1. The van der Waals surface area contributed by atoms with Crippen LogP contribution in [0, 0.1) is 13.8 Å². The van der Waals surface area contributed by atoms with Gasteiger partial charge in [-0.1, -0.05) is 190 Å². The Bertz CT molecular complexity index is 1880. The molecule has 0 fully saturated rings. The standard InChI is InChI=1S/C53H67N.CH4/c1-7-10-12-14-16-18-36-53(37-19-17-15-13-11-8-2)51-38-41(5)22-34-49(51)50-35-27-45(39-52(50)53)44-25-32-48(33-26-44)54(46-28-20-40(4)21-29-46)47-30-23-43(24-31-47)42(6)9-3;/h20-35,38-39,42H,7-19,36-37H2,1-6H3;1H4. The second-order valence-electron chi connectivity index (χ2n) is 16.5. The van der Waals surface area contributed by atoms with Crippen LogP contribution in [0.3, 0.4) is 0 Å². The van der Waals surface area contributed by atoms with Gasteiger partial charge in [0, 0.05) is 22.5 Å². The van der Waals surface area contributed by atoms with E-state index in [0.29, 0.717) is 5.92 Å². The molecule has 5 aromatic rings. The molecule has 0 aromatic heterocycles. The van der Waals surface area contributed by atoms with Crippen LogP contribution in [0.2, 0.25) is 0 Å². The first kappa shape index (κ1) is 42.1. The minimum Gasteiger partial charge on any atom is -0.311 e. The molecule has 55 heavy (non-hydrogen) atoms. The Kier molecular flexibility index (Phi) is 15.4. The maximum Gasteiger partial charge on any atom is 0.0462 e. The van der Waals surface area contributed by atoms with Crippen LogP contribution in [0.15, 0.2) is 109 Å². The molecule has 0 amide bonds. The first-order chi connectivity index (χ1) is 26.4. The van der Waals surface area contributed by atoms with Crippen LogP contribution in [0.5, 0.6) is 0 Å². The fourth-order valence-electron chi connectivity index (χ4n) is 9.00. The van der Waals surface area contributed by atoms with Crippen molar-refractivity contribution in [2.45, 2.75) is 157 Å². The highest BCUT2D eigenvalue weighted by atomic mass is 15.1. The van der Waals surface area contributed by atoms with E-state index in [4.69, 9.17) is 0 Å². The largest absolute Gasteiger partial charge is 0.311 e. The molecule has 0 saturated heterocycles. The minimum absolute atomic E-state index is 0. The van der Waals surface area contributed by atoms with Gasteiger partial charge in [-0.25, -0.2) is 0 Å². The lowest BCUT2D eigenvalue weighted by molar-refractivity contribution is 0.398. The van der Waals surface area contributed by atoms with E-state index in [9.17, 15) is 0 Å². The average Bonchev–Trinajstić information content (AvgIpc) is 3.46. The molecule has 1 atom stereocenters. The van der Waals surface area contributed by atoms with Gasteiger partial charge in [0.05, 0.1) is 0 Å². The van der Waals surface area contributed by atoms with Crippen molar-refractivity contribution in [3.8, 4) is 22.3 Å². The molecule has 292 valence electrons. The lowest BCUT2D eigenvalue weighted by atomic mass is 9.70. The van der Waals surface area contributed by atoms with Gasteiger partial charge in [-0.2, -0.15) is 0 Å². The van der Waals surface area contributed by atoms with Crippen molar-refractivity contribution >= 4 is 17.1 Å². The van der Waals surface area contributed by atoms with Crippen LogP contribution >= 0.6 is 0 Å². The van der Waals surface area contributed by atoms with Crippen LogP contribution in [0.1, 0.15) is 165 Å². The Hall–Kier alpha value is -4.10. The van der Waals surface area contributed by atoms with E-state index in [-0.39, 0.29) is 12.8 Å². The van der Waals surface area contributed by atoms with E-state index in [0.717, 1.165) is 6.42 Å².